The molecule has 0 fully saturated rings. The Balaban J connectivity index is 4.24. The number of rotatable bonds is 6. The van der Waals surface area contributed by atoms with Crippen LogP contribution in [0.3, 0.4) is 0 Å². The van der Waals surface area contributed by atoms with Crippen LogP contribution in [0.1, 0.15) is 19.8 Å². The lowest BCUT2D eigenvalue weighted by atomic mass is 10.0. The van der Waals surface area contributed by atoms with Gasteiger partial charge in [0.1, 0.15) is 0 Å². The Bertz CT molecular complexity index is 236. The highest BCUT2D eigenvalue weighted by Crippen LogP contribution is 2.35. The van der Waals surface area contributed by atoms with E-state index in [1.165, 1.54) is 6.92 Å². The van der Waals surface area contributed by atoms with Crippen molar-refractivity contribution < 1.29 is 36.2 Å². The monoisotopic (exact) mass is 283 g/mol. The Morgan fingerprint density at radius 3 is 1.89 bits per heavy atom. The van der Waals surface area contributed by atoms with Gasteiger partial charge in [-0.15, -0.1) is 0 Å². The van der Waals surface area contributed by atoms with E-state index in [0.29, 0.717) is 0 Å². The van der Waals surface area contributed by atoms with Crippen LogP contribution in [0.15, 0.2) is 0 Å². The topological polar surface area (TPSA) is 55.5 Å². The quantitative estimate of drug-likeness (QED) is 0.579. The first-order chi connectivity index (χ1) is 7.90. The molecule has 0 aromatic heterocycles. The summed E-state index contributed by atoms with van der Waals surface area (Å²) in [5, 5.41) is 9.38. The van der Waals surface area contributed by atoms with Gasteiger partial charge in [-0.2, -0.15) is 26.3 Å². The highest BCUT2D eigenvalue weighted by Gasteiger charge is 2.57. The molecule has 0 amide bonds. The highest BCUT2D eigenvalue weighted by molar-refractivity contribution is 4.77. The predicted octanol–water partition coefficient (Wildman–Crippen LogP) is 1.99. The fourth-order valence-electron chi connectivity index (χ4n) is 1.13. The molecule has 0 bridgehead atoms. The lowest BCUT2D eigenvalue weighted by Gasteiger charge is -2.24. The van der Waals surface area contributed by atoms with Gasteiger partial charge in [-0.3, -0.25) is 0 Å². The number of hydrogen-bond acceptors (Lipinski definition) is 3. The van der Waals surface area contributed by atoms with Gasteiger partial charge in [0.2, 0.25) is 6.10 Å². The standard InChI is InChI=1S/C9H15F6NO2/c1-7(17,5-16)3-2-4-18-6(8(10,11)12)9(13,14)15/h6,17H,2-5,16H2,1H3. The average molecular weight is 283 g/mol. The molecule has 0 rings (SSSR count). The van der Waals surface area contributed by atoms with Crippen LogP contribution in [0.2, 0.25) is 0 Å². The molecule has 0 saturated heterocycles. The van der Waals surface area contributed by atoms with Crippen molar-refractivity contribution in [3.05, 3.63) is 0 Å². The first-order valence-corrected chi connectivity index (χ1v) is 5.07. The van der Waals surface area contributed by atoms with Gasteiger partial charge in [0.25, 0.3) is 0 Å². The number of ether oxygens (including phenoxy) is 1. The predicted molar refractivity (Wildman–Crippen MR) is 50.8 cm³/mol. The van der Waals surface area contributed by atoms with E-state index in [4.69, 9.17) is 5.73 Å². The van der Waals surface area contributed by atoms with Crippen LogP contribution in [-0.2, 0) is 4.74 Å². The van der Waals surface area contributed by atoms with Crippen LogP contribution in [-0.4, -0.2) is 42.3 Å². The fourth-order valence-corrected chi connectivity index (χ4v) is 1.13. The number of nitrogens with two attached hydrogens (primary N) is 1. The van der Waals surface area contributed by atoms with Crippen molar-refractivity contribution in [3.63, 3.8) is 0 Å². The molecule has 0 spiro atoms. The lowest BCUT2D eigenvalue weighted by Crippen LogP contribution is -2.44. The fraction of sp³-hybridized carbons (Fsp3) is 1.00. The van der Waals surface area contributed by atoms with Crippen molar-refractivity contribution in [1.82, 2.24) is 0 Å². The molecule has 3 nitrogen and oxygen atoms in total. The van der Waals surface area contributed by atoms with E-state index in [9.17, 15) is 31.4 Å². The smallest absolute Gasteiger partial charge is 0.389 e. The molecule has 1 atom stereocenters. The molecule has 0 aliphatic carbocycles. The number of alkyl halides is 6. The number of halogens is 6. The van der Waals surface area contributed by atoms with E-state index >= 15 is 0 Å². The second kappa shape index (κ2) is 6.07. The molecule has 3 N–H and O–H groups in total. The van der Waals surface area contributed by atoms with E-state index in [1.807, 2.05) is 0 Å². The highest BCUT2D eigenvalue weighted by atomic mass is 19.4. The van der Waals surface area contributed by atoms with Crippen molar-refractivity contribution in [2.45, 2.75) is 43.8 Å². The van der Waals surface area contributed by atoms with Gasteiger partial charge < -0.3 is 15.6 Å². The van der Waals surface area contributed by atoms with Crippen LogP contribution >= 0.6 is 0 Å². The summed E-state index contributed by atoms with van der Waals surface area (Å²) in [6.07, 6.45) is -15.0. The first-order valence-electron chi connectivity index (χ1n) is 5.07. The first kappa shape index (κ1) is 17.5. The summed E-state index contributed by atoms with van der Waals surface area (Å²) in [4.78, 5) is 0. The third-order valence-electron chi connectivity index (χ3n) is 2.18. The van der Waals surface area contributed by atoms with Crippen molar-refractivity contribution in [3.8, 4) is 0 Å². The maximum Gasteiger partial charge on any atom is 0.423 e. The lowest BCUT2D eigenvalue weighted by molar-refractivity contribution is -0.322. The van der Waals surface area contributed by atoms with Gasteiger partial charge in [0, 0.05) is 13.2 Å². The summed E-state index contributed by atoms with van der Waals surface area (Å²) in [5.74, 6) is 0. The average Bonchev–Trinajstić information content (AvgIpc) is 2.13. The Labute approximate surface area is 99.9 Å². The van der Waals surface area contributed by atoms with Crippen molar-refractivity contribution in [1.29, 1.82) is 0 Å². The Hall–Kier alpha value is -0.540. The molecule has 18 heavy (non-hydrogen) atoms. The van der Waals surface area contributed by atoms with Crippen LogP contribution < -0.4 is 5.73 Å². The molecule has 0 aromatic rings. The van der Waals surface area contributed by atoms with Gasteiger partial charge in [-0.25, -0.2) is 0 Å². The van der Waals surface area contributed by atoms with Crippen LogP contribution in [0.25, 0.3) is 0 Å². The van der Waals surface area contributed by atoms with Crippen LogP contribution in [0.4, 0.5) is 26.3 Å². The van der Waals surface area contributed by atoms with Gasteiger partial charge in [0.05, 0.1) is 5.60 Å². The SMILES string of the molecule is CC(O)(CN)CCCOC(C(F)(F)F)C(F)(F)F. The zero-order valence-corrected chi connectivity index (χ0v) is 9.61. The summed E-state index contributed by atoms with van der Waals surface area (Å²) in [6, 6.07) is 0. The number of hydrogen-bond donors (Lipinski definition) is 2. The third kappa shape index (κ3) is 6.41. The largest absolute Gasteiger partial charge is 0.423 e. The minimum atomic E-state index is -5.51. The Morgan fingerprint density at radius 1 is 1.11 bits per heavy atom. The summed E-state index contributed by atoms with van der Waals surface area (Å²) in [7, 11) is 0. The number of aliphatic hydroxyl groups is 1. The van der Waals surface area contributed by atoms with E-state index in [0.717, 1.165) is 0 Å². The molecule has 1 unspecified atom stereocenters. The van der Waals surface area contributed by atoms with Crippen molar-refractivity contribution in [2.24, 2.45) is 5.73 Å². The summed E-state index contributed by atoms with van der Waals surface area (Å²) in [6.45, 7) is 0.423. The molecule has 0 aliphatic rings. The minimum Gasteiger partial charge on any atom is -0.389 e. The van der Waals surface area contributed by atoms with E-state index in [2.05, 4.69) is 4.74 Å². The van der Waals surface area contributed by atoms with Crippen molar-refractivity contribution in [2.75, 3.05) is 13.2 Å². The minimum absolute atomic E-state index is 0.0497. The molecule has 9 heteroatoms. The van der Waals surface area contributed by atoms with E-state index < -0.39 is 30.7 Å². The molecular formula is C9H15F6NO2. The van der Waals surface area contributed by atoms with Crippen molar-refractivity contribution >= 4 is 0 Å². The van der Waals surface area contributed by atoms with Crippen LogP contribution in [0.5, 0.6) is 0 Å². The molecule has 0 aliphatic heterocycles. The van der Waals surface area contributed by atoms with Gasteiger partial charge in [0.15, 0.2) is 0 Å². The zero-order valence-electron chi connectivity index (χ0n) is 9.61. The second-order valence-corrected chi connectivity index (χ2v) is 4.14. The molecule has 0 radical (unpaired) electrons. The maximum atomic E-state index is 12.0. The molecule has 0 aromatic carbocycles. The van der Waals surface area contributed by atoms with Crippen LogP contribution in [0, 0.1) is 0 Å². The van der Waals surface area contributed by atoms with E-state index in [1.54, 1.807) is 0 Å². The zero-order chi connectivity index (χ0) is 14.6. The third-order valence-corrected chi connectivity index (χ3v) is 2.18. The summed E-state index contributed by atoms with van der Waals surface area (Å²) < 4.78 is 76.0. The van der Waals surface area contributed by atoms with Gasteiger partial charge >= 0.3 is 12.4 Å². The van der Waals surface area contributed by atoms with Gasteiger partial charge in [-0.1, -0.05) is 0 Å². The normalized spacial score (nSPS) is 17.0. The van der Waals surface area contributed by atoms with Gasteiger partial charge in [-0.05, 0) is 19.8 Å². The van der Waals surface area contributed by atoms with E-state index in [-0.39, 0.29) is 19.4 Å². The molecule has 0 saturated carbocycles. The second-order valence-electron chi connectivity index (χ2n) is 4.14. The molecular weight excluding hydrogens is 268 g/mol. The Kier molecular flexibility index (Phi) is 5.89. The summed E-state index contributed by atoms with van der Waals surface area (Å²) >= 11 is 0. The molecule has 0 heterocycles. The summed E-state index contributed by atoms with van der Waals surface area (Å²) in [5.41, 5.74) is 3.81. The maximum absolute atomic E-state index is 12.0. The molecule has 110 valence electrons. The Morgan fingerprint density at radius 2 is 1.56 bits per heavy atom.